The Bertz CT molecular complexity index is 27.2. The van der Waals surface area contributed by atoms with Crippen molar-refractivity contribution in [3.63, 3.8) is 0 Å². The molecule has 0 atom stereocenters. The molecule has 0 bridgehead atoms. The van der Waals surface area contributed by atoms with Crippen molar-refractivity contribution in [2.75, 3.05) is 0 Å². The molecule has 0 aliphatic carbocycles. The fraction of sp³-hybridized carbons (Fsp3) is 0. The van der Waals surface area contributed by atoms with Crippen LogP contribution in [0.1, 0.15) is 0 Å². The van der Waals surface area contributed by atoms with Crippen molar-refractivity contribution in [1.82, 2.24) is 6.15 Å². The van der Waals surface area contributed by atoms with Crippen LogP contribution in [-0.4, -0.2) is 28.2 Å². The van der Waals surface area contributed by atoms with E-state index < -0.39 is 9.05 Å². The summed E-state index contributed by atoms with van der Waals surface area (Å²) in [5.74, 6) is 0. The van der Waals surface area contributed by atoms with Gasteiger partial charge in [0.05, 0.1) is 0 Å². The number of rotatable bonds is 0. The molecule has 0 amide bonds. The van der Waals surface area contributed by atoms with E-state index in [0.717, 1.165) is 0 Å². The van der Waals surface area contributed by atoms with E-state index in [4.69, 9.17) is 19.2 Å². The van der Waals surface area contributed by atoms with Crippen LogP contribution in [0, 0.1) is 0 Å². The Morgan fingerprint density at radius 3 is 0.857 bits per heavy atom. The molecule has 0 aromatic carbocycles. The summed E-state index contributed by atoms with van der Waals surface area (Å²) in [6.07, 6.45) is 0. The maximum Gasteiger partial charge on any atom is 4.00 e. The Morgan fingerprint density at radius 1 is 0.857 bits per heavy atom. The van der Waals surface area contributed by atoms with Gasteiger partial charge in [0.2, 0.25) is 0 Å². The average Bonchev–Trinajstić information content (AvgIpc) is 0.722. The van der Waals surface area contributed by atoms with Crippen molar-refractivity contribution in [3.8, 4) is 0 Å². The quantitative estimate of drug-likeness (QED) is 0.284. The first-order chi connectivity index (χ1) is 2.00. The molecular formula is H7MoNO4Si+4. The Labute approximate surface area is 55.9 Å². The minimum Gasteiger partial charge on any atom is -0.368 e. The van der Waals surface area contributed by atoms with Crippen molar-refractivity contribution >= 4 is 9.05 Å². The molecule has 7 heavy (non-hydrogen) atoms. The van der Waals surface area contributed by atoms with Gasteiger partial charge in [0.15, 0.2) is 0 Å². The second-order valence-corrected chi connectivity index (χ2v) is 1.80. The average molecular weight is 209 g/mol. The molecule has 0 aliphatic rings. The predicted molar refractivity (Wildman–Crippen MR) is 19.7 cm³/mol. The van der Waals surface area contributed by atoms with Crippen molar-refractivity contribution in [2.24, 2.45) is 0 Å². The minimum absolute atomic E-state index is 0. The van der Waals surface area contributed by atoms with Crippen LogP contribution in [0.15, 0.2) is 0 Å². The van der Waals surface area contributed by atoms with Crippen LogP contribution in [0.3, 0.4) is 0 Å². The van der Waals surface area contributed by atoms with Crippen molar-refractivity contribution in [1.29, 1.82) is 0 Å². The van der Waals surface area contributed by atoms with Crippen LogP contribution in [0.5, 0.6) is 0 Å². The van der Waals surface area contributed by atoms with E-state index in [0.29, 0.717) is 0 Å². The first-order valence-corrected chi connectivity index (χ1v) is 2.68. The first-order valence-electron chi connectivity index (χ1n) is 0.894. The summed E-state index contributed by atoms with van der Waals surface area (Å²) in [5.41, 5.74) is 0. The molecule has 0 spiro atoms. The van der Waals surface area contributed by atoms with Gasteiger partial charge in [0, 0.05) is 0 Å². The molecule has 0 aliphatic heterocycles. The van der Waals surface area contributed by atoms with Gasteiger partial charge in [-0.15, -0.1) is 0 Å². The molecule has 0 heterocycles. The Kier molecular flexibility index (Phi) is 10.9. The van der Waals surface area contributed by atoms with Gasteiger partial charge in [-0.1, -0.05) is 0 Å². The van der Waals surface area contributed by atoms with Gasteiger partial charge >= 0.3 is 30.1 Å². The maximum absolute atomic E-state index is 7.33. The van der Waals surface area contributed by atoms with Crippen LogP contribution in [0.4, 0.5) is 0 Å². The molecule has 0 saturated heterocycles. The van der Waals surface area contributed by atoms with Crippen LogP contribution >= 0.6 is 0 Å². The molecule has 0 rings (SSSR count). The number of hydrogen-bond acceptors (Lipinski definition) is 5. The van der Waals surface area contributed by atoms with Gasteiger partial charge in [0.25, 0.3) is 0 Å². The molecule has 7 N–H and O–H groups in total. The molecule has 0 fully saturated rings. The van der Waals surface area contributed by atoms with Crippen LogP contribution in [-0.2, 0) is 21.1 Å². The third-order valence-electron chi connectivity index (χ3n) is 0. The van der Waals surface area contributed by atoms with E-state index >= 15 is 0 Å². The molecule has 0 aromatic rings. The van der Waals surface area contributed by atoms with Crippen LogP contribution in [0.25, 0.3) is 0 Å². The van der Waals surface area contributed by atoms with Gasteiger partial charge in [-0.05, 0) is 0 Å². The summed E-state index contributed by atoms with van der Waals surface area (Å²) in [6.45, 7) is 0. The molecule has 0 saturated carbocycles. The van der Waals surface area contributed by atoms with Gasteiger partial charge in [-0.3, -0.25) is 0 Å². The molecule has 0 aromatic heterocycles. The van der Waals surface area contributed by atoms with Crippen LogP contribution in [0.2, 0.25) is 0 Å². The van der Waals surface area contributed by atoms with E-state index in [1.165, 1.54) is 0 Å². The smallest absolute Gasteiger partial charge is 0.368 e. The summed E-state index contributed by atoms with van der Waals surface area (Å²) in [7, 11) is -4.61. The Hall–Kier alpha value is 0.705. The molecular weight excluding hydrogens is 202 g/mol. The SMILES string of the molecule is N.O[Si](O)(O)O.[Mo+4]. The number of hydrogen-bond donors (Lipinski definition) is 5. The normalized spacial score (nSPS) is 8.57. The Balaban J connectivity index is -0.0000000800. The van der Waals surface area contributed by atoms with E-state index in [-0.39, 0.29) is 27.2 Å². The van der Waals surface area contributed by atoms with Crippen molar-refractivity contribution in [2.45, 2.75) is 0 Å². The summed E-state index contributed by atoms with van der Waals surface area (Å²) in [6, 6.07) is 0. The second kappa shape index (κ2) is 4.85. The van der Waals surface area contributed by atoms with Crippen LogP contribution < -0.4 is 6.15 Å². The monoisotopic (exact) mass is 211 g/mol. The third kappa shape index (κ3) is 299. The fourth-order valence-corrected chi connectivity index (χ4v) is 0. The summed E-state index contributed by atoms with van der Waals surface area (Å²) >= 11 is 0. The van der Waals surface area contributed by atoms with Crippen molar-refractivity contribution < 1.29 is 40.2 Å². The molecule has 42 valence electrons. The fourth-order valence-electron chi connectivity index (χ4n) is 0. The van der Waals surface area contributed by atoms with E-state index in [1.54, 1.807) is 0 Å². The van der Waals surface area contributed by atoms with E-state index in [9.17, 15) is 0 Å². The molecule has 7 heteroatoms. The third-order valence-corrected chi connectivity index (χ3v) is 0. The van der Waals surface area contributed by atoms with Gasteiger partial charge in [0.1, 0.15) is 0 Å². The van der Waals surface area contributed by atoms with Crippen molar-refractivity contribution in [3.05, 3.63) is 0 Å². The molecule has 0 unspecified atom stereocenters. The zero-order chi connectivity index (χ0) is 4.50. The standard InChI is InChI=1S/Mo.H3N.H4O4Si/c;;1-5(2,3)4/h;1H3;1-4H/q+4;;. The zero-order valence-corrected chi connectivity index (χ0v) is 6.41. The second-order valence-electron chi connectivity index (χ2n) is 0.600. The van der Waals surface area contributed by atoms with E-state index in [2.05, 4.69) is 0 Å². The largest absolute Gasteiger partial charge is 4.00 e. The van der Waals surface area contributed by atoms with Gasteiger partial charge < -0.3 is 25.3 Å². The summed E-state index contributed by atoms with van der Waals surface area (Å²) in [4.78, 5) is 29.3. The van der Waals surface area contributed by atoms with Gasteiger partial charge in [-0.2, -0.15) is 0 Å². The van der Waals surface area contributed by atoms with E-state index in [1.807, 2.05) is 0 Å². The predicted octanol–water partition coefficient (Wildman–Crippen LogP) is -2.45. The molecule has 5 nitrogen and oxygen atoms in total. The minimum atomic E-state index is -4.61. The topological polar surface area (TPSA) is 116 Å². The van der Waals surface area contributed by atoms with Gasteiger partial charge in [-0.25, -0.2) is 0 Å². The Morgan fingerprint density at radius 2 is 0.857 bits per heavy atom. The maximum atomic E-state index is 7.33. The first kappa shape index (κ1) is 15.6. The zero-order valence-electron chi connectivity index (χ0n) is 3.40. The summed E-state index contributed by atoms with van der Waals surface area (Å²) in [5, 5.41) is 0. The summed E-state index contributed by atoms with van der Waals surface area (Å²) < 4.78 is 0. The molecule has 0 radical (unpaired) electrons.